The van der Waals surface area contributed by atoms with Gasteiger partial charge in [-0.15, -0.1) is 0 Å². The smallest absolute Gasteiger partial charge is 0.251 e. The second-order valence-electron chi connectivity index (χ2n) is 5.61. The number of ether oxygens (including phenoxy) is 1. The number of carbonyl (C=O) groups excluding carboxylic acids is 1. The lowest BCUT2D eigenvalue weighted by atomic mass is 9.94. The quantitative estimate of drug-likeness (QED) is 0.861. The normalized spacial score (nSPS) is 11.5. The molecule has 2 aromatic rings. The lowest BCUT2D eigenvalue weighted by molar-refractivity contribution is 0.0944. The van der Waals surface area contributed by atoms with E-state index in [-0.39, 0.29) is 11.4 Å². The van der Waals surface area contributed by atoms with Gasteiger partial charge in [0.1, 0.15) is 5.75 Å². The number of carbonyl (C=O) groups is 1. The Labute approximate surface area is 131 Å². The van der Waals surface area contributed by atoms with E-state index in [0.29, 0.717) is 12.1 Å². The molecule has 3 N–H and O–H groups in total. The molecule has 2 rings (SSSR count). The summed E-state index contributed by atoms with van der Waals surface area (Å²) in [5, 5.41) is 4.78. The summed E-state index contributed by atoms with van der Waals surface area (Å²) in [6, 6.07) is 11.4. The van der Waals surface area contributed by atoms with Crippen LogP contribution >= 0.6 is 0 Å². The van der Waals surface area contributed by atoms with E-state index in [2.05, 4.69) is 5.32 Å². The van der Waals surface area contributed by atoms with Crippen molar-refractivity contribution in [2.75, 3.05) is 13.7 Å². The third-order valence-corrected chi connectivity index (χ3v) is 4.36. The van der Waals surface area contributed by atoms with Gasteiger partial charge in [-0.3, -0.25) is 4.79 Å². The van der Waals surface area contributed by atoms with E-state index in [1.165, 1.54) is 0 Å². The summed E-state index contributed by atoms with van der Waals surface area (Å²) in [6.45, 7) is 4.55. The van der Waals surface area contributed by atoms with Gasteiger partial charge in [0, 0.05) is 23.0 Å². The predicted octanol–water partition coefficient (Wildman–Crippen LogP) is 3.10. The fourth-order valence-electron chi connectivity index (χ4n) is 2.50. The van der Waals surface area contributed by atoms with Crippen LogP contribution in [0.1, 0.15) is 37.0 Å². The van der Waals surface area contributed by atoms with Crippen molar-refractivity contribution in [3.63, 3.8) is 0 Å². The van der Waals surface area contributed by atoms with Crippen LogP contribution in [0.15, 0.2) is 36.4 Å². The van der Waals surface area contributed by atoms with E-state index in [4.69, 9.17) is 10.5 Å². The Morgan fingerprint density at radius 2 is 1.77 bits per heavy atom. The highest BCUT2D eigenvalue weighted by atomic mass is 16.5. The molecule has 0 aliphatic rings. The van der Waals surface area contributed by atoms with Crippen molar-refractivity contribution in [1.29, 1.82) is 0 Å². The Hall–Kier alpha value is -2.07. The van der Waals surface area contributed by atoms with Gasteiger partial charge in [-0.05, 0) is 30.4 Å². The summed E-state index contributed by atoms with van der Waals surface area (Å²) in [6.07, 6.45) is 1.65. The largest absolute Gasteiger partial charge is 0.496 e. The van der Waals surface area contributed by atoms with Gasteiger partial charge in [0.25, 0.3) is 5.91 Å². The molecule has 0 aliphatic heterocycles. The molecule has 4 nitrogen and oxygen atoms in total. The number of fused-ring (bicyclic) bond motifs is 1. The molecule has 4 heteroatoms. The topological polar surface area (TPSA) is 64.3 Å². The minimum Gasteiger partial charge on any atom is -0.496 e. The molecule has 0 bridgehead atoms. The van der Waals surface area contributed by atoms with Gasteiger partial charge >= 0.3 is 0 Å². The van der Waals surface area contributed by atoms with Gasteiger partial charge in [0.05, 0.1) is 7.11 Å². The number of rotatable bonds is 6. The molecular formula is C18H24N2O2. The van der Waals surface area contributed by atoms with Crippen LogP contribution in [0.2, 0.25) is 0 Å². The van der Waals surface area contributed by atoms with Crippen LogP contribution in [-0.4, -0.2) is 25.1 Å². The summed E-state index contributed by atoms with van der Waals surface area (Å²) in [5.41, 5.74) is 6.54. The van der Waals surface area contributed by atoms with Crippen molar-refractivity contribution < 1.29 is 9.53 Å². The first-order valence-electron chi connectivity index (χ1n) is 7.67. The molecule has 0 spiro atoms. The standard InChI is InChI=1S/C18H24N2O2/c1-4-18(19,5-2)12-20-17(21)15-10-11-16(22-3)14-9-7-6-8-13(14)15/h6-11H,4-5,12,19H2,1-3H3,(H,20,21). The highest BCUT2D eigenvalue weighted by Gasteiger charge is 2.22. The van der Waals surface area contributed by atoms with Crippen LogP contribution in [0.4, 0.5) is 0 Å². The van der Waals surface area contributed by atoms with E-state index in [1.54, 1.807) is 13.2 Å². The maximum Gasteiger partial charge on any atom is 0.251 e. The second kappa shape index (κ2) is 6.79. The predicted molar refractivity (Wildman–Crippen MR) is 90.3 cm³/mol. The second-order valence-corrected chi connectivity index (χ2v) is 5.61. The van der Waals surface area contributed by atoms with Gasteiger partial charge in [0.2, 0.25) is 0 Å². The molecule has 0 heterocycles. The van der Waals surface area contributed by atoms with Gasteiger partial charge in [-0.1, -0.05) is 38.1 Å². The Morgan fingerprint density at radius 3 is 2.36 bits per heavy atom. The molecule has 0 saturated heterocycles. The zero-order chi connectivity index (χ0) is 16.2. The monoisotopic (exact) mass is 300 g/mol. The number of benzene rings is 2. The minimum atomic E-state index is -0.349. The number of amides is 1. The number of nitrogens with one attached hydrogen (secondary N) is 1. The number of nitrogens with two attached hydrogens (primary N) is 1. The summed E-state index contributed by atoms with van der Waals surface area (Å²) >= 11 is 0. The van der Waals surface area contributed by atoms with Crippen LogP contribution in [-0.2, 0) is 0 Å². The fraction of sp³-hybridized carbons (Fsp3) is 0.389. The molecule has 0 radical (unpaired) electrons. The van der Waals surface area contributed by atoms with Crippen LogP contribution in [0.5, 0.6) is 5.75 Å². The van der Waals surface area contributed by atoms with Crippen molar-refractivity contribution in [2.45, 2.75) is 32.2 Å². The first-order chi connectivity index (χ1) is 10.5. The zero-order valence-corrected chi connectivity index (χ0v) is 13.5. The van der Waals surface area contributed by atoms with Crippen LogP contribution in [0.3, 0.4) is 0 Å². The van der Waals surface area contributed by atoms with Crippen molar-refractivity contribution in [3.05, 3.63) is 42.0 Å². The molecule has 0 atom stereocenters. The van der Waals surface area contributed by atoms with Gasteiger partial charge in [-0.25, -0.2) is 0 Å². The highest BCUT2D eigenvalue weighted by Crippen LogP contribution is 2.28. The van der Waals surface area contributed by atoms with E-state index < -0.39 is 0 Å². The fourth-order valence-corrected chi connectivity index (χ4v) is 2.50. The Balaban J connectivity index is 2.29. The molecule has 1 amide bonds. The molecule has 0 aromatic heterocycles. The van der Waals surface area contributed by atoms with E-state index in [9.17, 15) is 4.79 Å². The Morgan fingerprint density at radius 1 is 1.14 bits per heavy atom. The van der Waals surface area contributed by atoms with Gasteiger partial charge in [0.15, 0.2) is 0 Å². The number of hydrogen-bond donors (Lipinski definition) is 2. The molecule has 0 fully saturated rings. The molecular weight excluding hydrogens is 276 g/mol. The highest BCUT2D eigenvalue weighted by molar-refractivity contribution is 6.08. The van der Waals surface area contributed by atoms with Crippen LogP contribution in [0.25, 0.3) is 10.8 Å². The molecule has 0 saturated carbocycles. The maximum atomic E-state index is 12.5. The summed E-state index contributed by atoms with van der Waals surface area (Å²) in [4.78, 5) is 12.5. The van der Waals surface area contributed by atoms with E-state index in [1.807, 2.05) is 44.2 Å². The summed E-state index contributed by atoms with van der Waals surface area (Å²) in [5.74, 6) is 0.665. The van der Waals surface area contributed by atoms with E-state index in [0.717, 1.165) is 29.4 Å². The third-order valence-electron chi connectivity index (χ3n) is 4.36. The molecule has 118 valence electrons. The number of methoxy groups -OCH3 is 1. The van der Waals surface area contributed by atoms with Gasteiger partial charge in [-0.2, -0.15) is 0 Å². The molecule has 0 aliphatic carbocycles. The average Bonchev–Trinajstić information content (AvgIpc) is 2.58. The third kappa shape index (κ3) is 3.22. The van der Waals surface area contributed by atoms with Gasteiger partial charge < -0.3 is 15.8 Å². The molecule has 22 heavy (non-hydrogen) atoms. The van der Waals surface area contributed by atoms with Crippen molar-refractivity contribution >= 4 is 16.7 Å². The number of hydrogen-bond acceptors (Lipinski definition) is 3. The first-order valence-corrected chi connectivity index (χ1v) is 7.67. The average molecular weight is 300 g/mol. The lowest BCUT2D eigenvalue weighted by Gasteiger charge is -2.27. The molecule has 0 unspecified atom stereocenters. The van der Waals surface area contributed by atoms with Crippen LogP contribution in [0, 0.1) is 0 Å². The SMILES string of the molecule is CCC(N)(CC)CNC(=O)c1ccc(OC)c2ccccc12. The van der Waals surface area contributed by atoms with Crippen molar-refractivity contribution in [2.24, 2.45) is 5.73 Å². The summed E-state index contributed by atoms with van der Waals surface area (Å²) in [7, 11) is 1.63. The molecule has 2 aromatic carbocycles. The van der Waals surface area contributed by atoms with Crippen LogP contribution < -0.4 is 15.8 Å². The van der Waals surface area contributed by atoms with E-state index >= 15 is 0 Å². The lowest BCUT2D eigenvalue weighted by Crippen LogP contribution is -2.49. The van der Waals surface area contributed by atoms with Crippen molar-refractivity contribution in [1.82, 2.24) is 5.32 Å². The summed E-state index contributed by atoms with van der Waals surface area (Å²) < 4.78 is 5.36. The van der Waals surface area contributed by atoms with Crippen molar-refractivity contribution in [3.8, 4) is 5.75 Å². The maximum absolute atomic E-state index is 12.5. The first kappa shape index (κ1) is 16.3. The minimum absolute atomic E-state index is 0.101. The Bertz CT molecular complexity index is 663. The Kier molecular flexibility index (Phi) is 5.03. The zero-order valence-electron chi connectivity index (χ0n) is 13.5.